The lowest BCUT2D eigenvalue weighted by atomic mass is 10.2. The van der Waals surface area contributed by atoms with Crippen LogP contribution in [0.15, 0.2) is 42.5 Å². The van der Waals surface area contributed by atoms with E-state index in [1.807, 2.05) is 36.0 Å². The number of hydrogen-bond donors (Lipinski definition) is 1. The van der Waals surface area contributed by atoms with Gasteiger partial charge in [-0.2, -0.15) is 5.10 Å². The van der Waals surface area contributed by atoms with E-state index in [2.05, 4.69) is 16.5 Å². The molecule has 0 aliphatic carbocycles. The molecule has 0 radical (unpaired) electrons. The molecular weight excluding hydrogens is 253 g/mol. The SMILES string of the molecule is Cc1ccc(NCc2nn(C)c3ccccc23)cc1F. The van der Waals surface area contributed by atoms with Gasteiger partial charge in [0.25, 0.3) is 0 Å². The molecule has 1 N–H and O–H groups in total. The maximum Gasteiger partial charge on any atom is 0.128 e. The second-order valence-electron chi connectivity index (χ2n) is 4.90. The first-order valence-electron chi connectivity index (χ1n) is 6.56. The van der Waals surface area contributed by atoms with Gasteiger partial charge >= 0.3 is 0 Å². The Bertz CT molecular complexity index is 762. The number of nitrogens with zero attached hydrogens (tertiary/aromatic N) is 2. The Morgan fingerprint density at radius 2 is 2.00 bits per heavy atom. The summed E-state index contributed by atoms with van der Waals surface area (Å²) in [5.74, 6) is -0.194. The number of halogens is 1. The van der Waals surface area contributed by atoms with E-state index in [1.165, 1.54) is 6.07 Å². The highest BCUT2D eigenvalue weighted by molar-refractivity contribution is 5.82. The van der Waals surface area contributed by atoms with Crippen LogP contribution in [0, 0.1) is 12.7 Å². The van der Waals surface area contributed by atoms with Crippen molar-refractivity contribution in [2.45, 2.75) is 13.5 Å². The first-order valence-corrected chi connectivity index (χ1v) is 6.56. The highest BCUT2D eigenvalue weighted by atomic mass is 19.1. The van der Waals surface area contributed by atoms with Gasteiger partial charge in [-0.05, 0) is 30.7 Å². The highest BCUT2D eigenvalue weighted by Crippen LogP contribution is 2.19. The Hall–Kier alpha value is -2.36. The minimum Gasteiger partial charge on any atom is -0.379 e. The Morgan fingerprint density at radius 3 is 2.80 bits per heavy atom. The smallest absolute Gasteiger partial charge is 0.128 e. The molecule has 3 aromatic rings. The number of aromatic nitrogens is 2. The molecule has 0 spiro atoms. The van der Waals surface area contributed by atoms with Crippen LogP contribution in [0.2, 0.25) is 0 Å². The second kappa shape index (κ2) is 4.96. The molecule has 0 saturated heterocycles. The van der Waals surface area contributed by atoms with Gasteiger partial charge in [0.15, 0.2) is 0 Å². The van der Waals surface area contributed by atoms with Crippen LogP contribution >= 0.6 is 0 Å². The van der Waals surface area contributed by atoms with Gasteiger partial charge in [-0.15, -0.1) is 0 Å². The van der Waals surface area contributed by atoms with E-state index in [1.54, 1.807) is 13.0 Å². The Kier molecular flexibility index (Phi) is 3.14. The molecule has 102 valence electrons. The molecule has 0 amide bonds. The van der Waals surface area contributed by atoms with Crippen LogP contribution in [0.5, 0.6) is 0 Å². The highest BCUT2D eigenvalue weighted by Gasteiger charge is 2.07. The number of rotatable bonds is 3. The monoisotopic (exact) mass is 269 g/mol. The summed E-state index contributed by atoms with van der Waals surface area (Å²) in [7, 11) is 1.93. The zero-order chi connectivity index (χ0) is 14.1. The lowest BCUT2D eigenvalue weighted by Gasteiger charge is -2.06. The molecule has 2 aromatic carbocycles. The van der Waals surface area contributed by atoms with Crippen LogP contribution in [0.25, 0.3) is 10.9 Å². The maximum atomic E-state index is 13.5. The average Bonchev–Trinajstić information content (AvgIpc) is 2.78. The van der Waals surface area contributed by atoms with Crippen molar-refractivity contribution < 1.29 is 4.39 Å². The van der Waals surface area contributed by atoms with Crippen molar-refractivity contribution in [2.75, 3.05) is 5.32 Å². The average molecular weight is 269 g/mol. The molecule has 0 saturated carbocycles. The quantitative estimate of drug-likeness (QED) is 0.786. The Morgan fingerprint density at radius 1 is 1.20 bits per heavy atom. The van der Waals surface area contributed by atoms with Crippen LogP contribution in [0.4, 0.5) is 10.1 Å². The van der Waals surface area contributed by atoms with E-state index in [9.17, 15) is 4.39 Å². The summed E-state index contributed by atoms with van der Waals surface area (Å²) < 4.78 is 15.4. The van der Waals surface area contributed by atoms with Crippen molar-refractivity contribution in [3.05, 3.63) is 59.5 Å². The molecule has 4 heteroatoms. The maximum absolute atomic E-state index is 13.5. The van der Waals surface area contributed by atoms with E-state index >= 15 is 0 Å². The number of hydrogen-bond acceptors (Lipinski definition) is 2. The van der Waals surface area contributed by atoms with E-state index in [-0.39, 0.29) is 5.82 Å². The Balaban J connectivity index is 1.85. The molecule has 3 rings (SSSR count). The van der Waals surface area contributed by atoms with E-state index in [0.717, 1.165) is 22.3 Å². The predicted octanol–water partition coefficient (Wildman–Crippen LogP) is 3.63. The third-order valence-corrected chi connectivity index (χ3v) is 3.47. The van der Waals surface area contributed by atoms with Crippen LogP contribution in [-0.4, -0.2) is 9.78 Å². The van der Waals surface area contributed by atoms with Crippen LogP contribution < -0.4 is 5.32 Å². The van der Waals surface area contributed by atoms with Crippen LogP contribution in [0.1, 0.15) is 11.3 Å². The van der Waals surface area contributed by atoms with Crippen molar-refractivity contribution >= 4 is 16.6 Å². The molecule has 0 aliphatic rings. The molecule has 1 heterocycles. The molecule has 0 atom stereocenters. The van der Waals surface area contributed by atoms with Gasteiger partial charge in [-0.1, -0.05) is 24.3 Å². The summed E-state index contributed by atoms with van der Waals surface area (Å²) in [5.41, 5.74) is 3.48. The summed E-state index contributed by atoms with van der Waals surface area (Å²) in [4.78, 5) is 0. The van der Waals surface area contributed by atoms with Crippen LogP contribution in [0.3, 0.4) is 0 Å². The van der Waals surface area contributed by atoms with Crippen molar-refractivity contribution in [2.24, 2.45) is 7.05 Å². The first kappa shape index (κ1) is 12.7. The second-order valence-corrected chi connectivity index (χ2v) is 4.90. The summed E-state index contributed by atoms with van der Waals surface area (Å²) >= 11 is 0. The Labute approximate surface area is 117 Å². The zero-order valence-electron chi connectivity index (χ0n) is 11.5. The zero-order valence-corrected chi connectivity index (χ0v) is 11.5. The van der Waals surface area contributed by atoms with Gasteiger partial charge in [-0.3, -0.25) is 4.68 Å². The fourth-order valence-corrected chi connectivity index (χ4v) is 2.31. The molecule has 20 heavy (non-hydrogen) atoms. The minimum atomic E-state index is -0.194. The molecule has 3 nitrogen and oxygen atoms in total. The van der Waals surface area contributed by atoms with E-state index in [4.69, 9.17) is 0 Å². The number of benzene rings is 2. The minimum absolute atomic E-state index is 0.194. The van der Waals surface area contributed by atoms with Gasteiger partial charge < -0.3 is 5.32 Å². The van der Waals surface area contributed by atoms with E-state index in [0.29, 0.717) is 12.1 Å². The molecule has 0 fully saturated rings. The number of nitrogens with one attached hydrogen (secondary N) is 1. The molecule has 0 bridgehead atoms. The lowest BCUT2D eigenvalue weighted by molar-refractivity contribution is 0.619. The van der Waals surface area contributed by atoms with Crippen molar-refractivity contribution in [1.29, 1.82) is 0 Å². The number of para-hydroxylation sites is 1. The summed E-state index contributed by atoms with van der Waals surface area (Å²) in [6.07, 6.45) is 0. The molecule has 0 aliphatic heterocycles. The third kappa shape index (κ3) is 2.25. The van der Waals surface area contributed by atoms with Gasteiger partial charge in [0.1, 0.15) is 5.82 Å². The van der Waals surface area contributed by atoms with Crippen LogP contribution in [-0.2, 0) is 13.6 Å². The normalized spacial score (nSPS) is 10.9. The number of aryl methyl sites for hydroxylation is 2. The van der Waals surface area contributed by atoms with E-state index < -0.39 is 0 Å². The van der Waals surface area contributed by atoms with Gasteiger partial charge in [0.2, 0.25) is 0 Å². The third-order valence-electron chi connectivity index (χ3n) is 3.47. The fourth-order valence-electron chi connectivity index (χ4n) is 2.31. The largest absolute Gasteiger partial charge is 0.379 e. The van der Waals surface area contributed by atoms with Gasteiger partial charge in [0, 0.05) is 18.1 Å². The first-order chi connectivity index (χ1) is 9.65. The predicted molar refractivity (Wildman–Crippen MR) is 79.2 cm³/mol. The fraction of sp³-hybridized carbons (Fsp3) is 0.188. The summed E-state index contributed by atoms with van der Waals surface area (Å²) in [5, 5.41) is 8.84. The lowest BCUT2D eigenvalue weighted by Crippen LogP contribution is -2.02. The summed E-state index contributed by atoms with van der Waals surface area (Å²) in [6, 6.07) is 13.3. The molecule has 0 unspecified atom stereocenters. The van der Waals surface area contributed by atoms with Crippen molar-refractivity contribution in [3.63, 3.8) is 0 Å². The summed E-state index contributed by atoms with van der Waals surface area (Å²) in [6.45, 7) is 2.33. The van der Waals surface area contributed by atoms with Crippen molar-refractivity contribution in [1.82, 2.24) is 9.78 Å². The standard InChI is InChI=1S/C16H16FN3/c1-11-7-8-12(9-14(11)17)18-10-15-13-5-3-4-6-16(13)20(2)19-15/h3-9,18H,10H2,1-2H3. The topological polar surface area (TPSA) is 29.9 Å². The van der Waals surface area contributed by atoms with Gasteiger partial charge in [-0.25, -0.2) is 4.39 Å². The molecular formula is C16H16FN3. The van der Waals surface area contributed by atoms with Gasteiger partial charge in [0.05, 0.1) is 17.8 Å². The van der Waals surface area contributed by atoms with Crippen molar-refractivity contribution in [3.8, 4) is 0 Å². The number of anilines is 1. The molecule has 1 aromatic heterocycles. The number of fused-ring (bicyclic) bond motifs is 1.